The number of rotatable bonds is 8. The fraction of sp³-hybridized carbons (Fsp3) is 1.00. The minimum atomic E-state index is 0.472. The van der Waals surface area contributed by atoms with Crippen molar-refractivity contribution >= 4 is 0 Å². The van der Waals surface area contributed by atoms with Crippen molar-refractivity contribution in [3.8, 4) is 0 Å². The average Bonchev–Trinajstić information content (AvgIpc) is 2.38. The van der Waals surface area contributed by atoms with Gasteiger partial charge in [-0.2, -0.15) is 0 Å². The van der Waals surface area contributed by atoms with E-state index < -0.39 is 0 Å². The Morgan fingerprint density at radius 3 is 2.82 bits per heavy atom. The van der Waals surface area contributed by atoms with Crippen LogP contribution in [-0.2, 0) is 4.74 Å². The Balaban J connectivity index is 2.12. The van der Waals surface area contributed by atoms with Crippen molar-refractivity contribution in [2.45, 2.75) is 58.6 Å². The molecule has 3 nitrogen and oxygen atoms in total. The van der Waals surface area contributed by atoms with Gasteiger partial charge in [0.1, 0.15) is 0 Å². The predicted octanol–water partition coefficient (Wildman–Crippen LogP) is 2.27. The highest BCUT2D eigenvalue weighted by molar-refractivity contribution is 4.71. The second kappa shape index (κ2) is 8.90. The van der Waals surface area contributed by atoms with Crippen molar-refractivity contribution in [1.29, 1.82) is 0 Å². The molecule has 0 bridgehead atoms. The Labute approximate surface area is 107 Å². The summed E-state index contributed by atoms with van der Waals surface area (Å²) in [6, 6.07) is 0.711. The van der Waals surface area contributed by atoms with E-state index in [4.69, 9.17) is 4.74 Å². The molecule has 102 valence electrons. The van der Waals surface area contributed by atoms with Gasteiger partial charge in [0.15, 0.2) is 0 Å². The molecular weight excluding hydrogens is 212 g/mol. The van der Waals surface area contributed by atoms with Gasteiger partial charge < -0.3 is 10.1 Å². The summed E-state index contributed by atoms with van der Waals surface area (Å²) in [7, 11) is 0. The maximum atomic E-state index is 5.69. The fourth-order valence-corrected chi connectivity index (χ4v) is 2.53. The summed E-state index contributed by atoms with van der Waals surface area (Å²) in [5.41, 5.74) is 0. The van der Waals surface area contributed by atoms with Crippen LogP contribution in [0.5, 0.6) is 0 Å². The molecule has 1 aliphatic heterocycles. The molecule has 0 aromatic carbocycles. The minimum Gasteiger partial charge on any atom is -0.376 e. The van der Waals surface area contributed by atoms with Crippen molar-refractivity contribution < 1.29 is 4.74 Å². The fourth-order valence-electron chi connectivity index (χ4n) is 2.53. The van der Waals surface area contributed by atoms with Gasteiger partial charge in [-0.05, 0) is 38.8 Å². The van der Waals surface area contributed by atoms with Crippen molar-refractivity contribution in [3.63, 3.8) is 0 Å². The van der Waals surface area contributed by atoms with Crippen LogP contribution in [0.25, 0.3) is 0 Å². The average molecular weight is 242 g/mol. The van der Waals surface area contributed by atoms with Crippen LogP contribution in [0.4, 0.5) is 0 Å². The zero-order valence-corrected chi connectivity index (χ0v) is 11.9. The smallest absolute Gasteiger partial charge is 0.0700 e. The first kappa shape index (κ1) is 14.9. The number of hydrogen-bond donors (Lipinski definition) is 1. The molecule has 3 heteroatoms. The highest BCUT2D eigenvalue weighted by atomic mass is 16.5. The molecule has 2 unspecified atom stereocenters. The van der Waals surface area contributed by atoms with Gasteiger partial charge in [-0.15, -0.1) is 0 Å². The van der Waals surface area contributed by atoms with Gasteiger partial charge in [0, 0.05) is 19.1 Å². The van der Waals surface area contributed by atoms with E-state index in [-0.39, 0.29) is 0 Å². The summed E-state index contributed by atoms with van der Waals surface area (Å²) >= 11 is 0. The van der Waals surface area contributed by atoms with Gasteiger partial charge in [-0.3, -0.25) is 4.90 Å². The third kappa shape index (κ3) is 5.84. The zero-order valence-electron chi connectivity index (χ0n) is 11.9. The van der Waals surface area contributed by atoms with Crippen LogP contribution >= 0.6 is 0 Å². The number of morpholine rings is 1. The quantitative estimate of drug-likeness (QED) is 0.706. The Morgan fingerprint density at radius 1 is 1.35 bits per heavy atom. The second-order valence-corrected chi connectivity index (χ2v) is 5.01. The number of nitrogens with zero attached hydrogens (tertiary/aromatic N) is 1. The van der Waals surface area contributed by atoms with Crippen LogP contribution in [0.2, 0.25) is 0 Å². The molecule has 1 fully saturated rings. The lowest BCUT2D eigenvalue weighted by Gasteiger charge is -2.32. The van der Waals surface area contributed by atoms with Gasteiger partial charge >= 0.3 is 0 Å². The summed E-state index contributed by atoms with van der Waals surface area (Å²) in [5.74, 6) is 0. The topological polar surface area (TPSA) is 24.5 Å². The molecule has 17 heavy (non-hydrogen) atoms. The van der Waals surface area contributed by atoms with Gasteiger partial charge in [-0.1, -0.05) is 20.8 Å². The van der Waals surface area contributed by atoms with Crippen LogP contribution in [0.3, 0.4) is 0 Å². The second-order valence-electron chi connectivity index (χ2n) is 5.01. The molecule has 0 spiro atoms. The third-order valence-corrected chi connectivity index (χ3v) is 3.69. The van der Waals surface area contributed by atoms with Gasteiger partial charge in [0.2, 0.25) is 0 Å². The van der Waals surface area contributed by atoms with Crippen molar-refractivity contribution in [2.75, 3.05) is 32.8 Å². The number of hydrogen-bond acceptors (Lipinski definition) is 3. The molecular formula is C14H30N2O. The molecule has 1 saturated heterocycles. The van der Waals surface area contributed by atoms with Gasteiger partial charge in [0.05, 0.1) is 12.7 Å². The van der Waals surface area contributed by atoms with E-state index in [0.29, 0.717) is 12.1 Å². The first-order valence-electron chi connectivity index (χ1n) is 7.37. The SMILES string of the molecule is CCNC(CC)CCCN1CCOC(CC)C1. The Kier molecular flexibility index (Phi) is 7.82. The molecule has 1 N–H and O–H groups in total. The van der Waals surface area contributed by atoms with Crippen molar-refractivity contribution in [3.05, 3.63) is 0 Å². The first-order chi connectivity index (χ1) is 8.30. The number of ether oxygens (including phenoxy) is 1. The van der Waals surface area contributed by atoms with Crippen LogP contribution in [0.15, 0.2) is 0 Å². The molecule has 0 aliphatic carbocycles. The maximum Gasteiger partial charge on any atom is 0.0700 e. The minimum absolute atomic E-state index is 0.472. The lowest BCUT2D eigenvalue weighted by Crippen LogP contribution is -2.42. The normalized spacial score (nSPS) is 23.8. The van der Waals surface area contributed by atoms with E-state index in [1.165, 1.54) is 25.8 Å². The van der Waals surface area contributed by atoms with Crippen LogP contribution in [0.1, 0.15) is 46.5 Å². The Bertz CT molecular complexity index is 187. The summed E-state index contributed by atoms with van der Waals surface area (Å²) in [6.45, 7) is 12.2. The maximum absolute atomic E-state index is 5.69. The monoisotopic (exact) mass is 242 g/mol. The summed E-state index contributed by atoms with van der Waals surface area (Å²) < 4.78 is 5.69. The van der Waals surface area contributed by atoms with Crippen molar-refractivity contribution in [1.82, 2.24) is 10.2 Å². The molecule has 0 aromatic heterocycles. The van der Waals surface area contributed by atoms with E-state index in [0.717, 1.165) is 32.7 Å². The Morgan fingerprint density at radius 2 is 2.18 bits per heavy atom. The van der Waals surface area contributed by atoms with E-state index in [1.807, 2.05) is 0 Å². The highest BCUT2D eigenvalue weighted by Crippen LogP contribution is 2.10. The van der Waals surface area contributed by atoms with Crippen LogP contribution in [0, 0.1) is 0 Å². The third-order valence-electron chi connectivity index (χ3n) is 3.69. The summed E-state index contributed by atoms with van der Waals surface area (Å²) in [4.78, 5) is 2.57. The number of nitrogens with one attached hydrogen (secondary N) is 1. The first-order valence-corrected chi connectivity index (χ1v) is 7.37. The van der Waals surface area contributed by atoms with Gasteiger partial charge in [-0.25, -0.2) is 0 Å². The van der Waals surface area contributed by atoms with E-state index in [2.05, 4.69) is 31.0 Å². The van der Waals surface area contributed by atoms with E-state index in [9.17, 15) is 0 Å². The molecule has 1 rings (SSSR count). The molecule has 0 saturated carbocycles. The van der Waals surface area contributed by atoms with Crippen LogP contribution < -0.4 is 5.32 Å². The molecule has 1 aliphatic rings. The van der Waals surface area contributed by atoms with E-state index >= 15 is 0 Å². The molecule has 0 aromatic rings. The van der Waals surface area contributed by atoms with Crippen LogP contribution in [-0.4, -0.2) is 49.8 Å². The summed E-state index contributed by atoms with van der Waals surface area (Å²) in [6.07, 6.45) is 5.47. The molecule has 0 amide bonds. The molecule has 2 atom stereocenters. The molecule has 1 heterocycles. The van der Waals surface area contributed by atoms with E-state index in [1.54, 1.807) is 0 Å². The van der Waals surface area contributed by atoms with Crippen molar-refractivity contribution in [2.24, 2.45) is 0 Å². The van der Waals surface area contributed by atoms with Gasteiger partial charge in [0.25, 0.3) is 0 Å². The lowest BCUT2D eigenvalue weighted by atomic mass is 10.1. The molecule has 0 radical (unpaired) electrons. The Hall–Kier alpha value is -0.120. The lowest BCUT2D eigenvalue weighted by molar-refractivity contribution is -0.0301. The largest absolute Gasteiger partial charge is 0.376 e. The zero-order chi connectivity index (χ0) is 12.5. The standard InChI is InChI=1S/C14H30N2O/c1-4-13(15-6-3)8-7-9-16-10-11-17-14(5-2)12-16/h13-15H,4-12H2,1-3H3. The predicted molar refractivity (Wildman–Crippen MR) is 73.5 cm³/mol. The summed E-state index contributed by atoms with van der Waals surface area (Å²) in [5, 5.41) is 3.55. The highest BCUT2D eigenvalue weighted by Gasteiger charge is 2.18.